The van der Waals surface area contributed by atoms with Crippen molar-refractivity contribution >= 4 is 11.6 Å². The number of nitrogens with two attached hydrogens (primary N) is 1. The van der Waals surface area contributed by atoms with Gasteiger partial charge in [0.15, 0.2) is 0 Å². The highest BCUT2D eigenvalue weighted by Crippen LogP contribution is 2.31. The summed E-state index contributed by atoms with van der Waals surface area (Å²) in [5.41, 5.74) is 6.54. The standard InChI is InChI=1S/C17H19ClN2O/c18-15-8-4-2-6-13(15)11-16(20-19)17-14-7-3-1-5-12(14)9-10-21-17/h1-8,16-17,20H,9-11,19H2. The van der Waals surface area contributed by atoms with Crippen molar-refractivity contribution in [2.75, 3.05) is 6.61 Å². The zero-order valence-electron chi connectivity index (χ0n) is 11.8. The molecule has 1 aliphatic heterocycles. The summed E-state index contributed by atoms with van der Waals surface area (Å²) < 4.78 is 5.98. The van der Waals surface area contributed by atoms with E-state index in [9.17, 15) is 0 Å². The molecule has 0 radical (unpaired) electrons. The summed E-state index contributed by atoms with van der Waals surface area (Å²) >= 11 is 6.26. The fourth-order valence-electron chi connectivity index (χ4n) is 2.91. The first-order chi connectivity index (χ1) is 10.3. The highest BCUT2D eigenvalue weighted by molar-refractivity contribution is 6.31. The van der Waals surface area contributed by atoms with Crippen LogP contribution >= 0.6 is 11.6 Å². The van der Waals surface area contributed by atoms with E-state index < -0.39 is 0 Å². The predicted molar refractivity (Wildman–Crippen MR) is 85.1 cm³/mol. The Kier molecular flexibility index (Phi) is 4.56. The molecule has 2 aromatic rings. The normalized spacial score (nSPS) is 19.0. The van der Waals surface area contributed by atoms with Crippen LogP contribution in [-0.2, 0) is 17.6 Å². The Hall–Kier alpha value is -1.39. The van der Waals surface area contributed by atoms with Crippen molar-refractivity contribution in [2.24, 2.45) is 5.84 Å². The third kappa shape index (κ3) is 3.11. The van der Waals surface area contributed by atoms with Gasteiger partial charge < -0.3 is 4.74 Å². The van der Waals surface area contributed by atoms with E-state index in [0.29, 0.717) is 0 Å². The zero-order chi connectivity index (χ0) is 14.7. The zero-order valence-corrected chi connectivity index (χ0v) is 12.5. The first-order valence-corrected chi connectivity index (χ1v) is 7.56. The number of hydrogen-bond donors (Lipinski definition) is 2. The summed E-state index contributed by atoms with van der Waals surface area (Å²) in [7, 11) is 0. The smallest absolute Gasteiger partial charge is 0.0997 e. The molecule has 0 spiro atoms. The van der Waals surface area contributed by atoms with Gasteiger partial charge in [0.05, 0.1) is 18.8 Å². The molecule has 0 amide bonds. The number of hydrogen-bond acceptors (Lipinski definition) is 3. The van der Waals surface area contributed by atoms with Gasteiger partial charge in [0.25, 0.3) is 0 Å². The molecule has 0 saturated carbocycles. The molecule has 0 fully saturated rings. The fraction of sp³-hybridized carbons (Fsp3) is 0.294. The molecule has 0 aliphatic carbocycles. The van der Waals surface area contributed by atoms with Gasteiger partial charge in [0.2, 0.25) is 0 Å². The van der Waals surface area contributed by atoms with Crippen LogP contribution in [0.15, 0.2) is 48.5 Å². The van der Waals surface area contributed by atoms with E-state index >= 15 is 0 Å². The maximum atomic E-state index is 6.26. The van der Waals surface area contributed by atoms with Crippen LogP contribution in [-0.4, -0.2) is 12.6 Å². The summed E-state index contributed by atoms with van der Waals surface area (Å²) in [6.07, 6.45) is 1.64. The Labute approximate surface area is 130 Å². The Morgan fingerprint density at radius 1 is 1.19 bits per heavy atom. The van der Waals surface area contributed by atoms with E-state index in [1.165, 1.54) is 11.1 Å². The average molecular weight is 303 g/mol. The van der Waals surface area contributed by atoms with Gasteiger partial charge >= 0.3 is 0 Å². The summed E-state index contributed by atoms with van der Waals surface area (Å²) in [5.74, 6) is 5.79. The number of rotatable bonds is 4. The maximum absolute atomic E-state index is 6.26. The second-order valence-corrected chi connectivity index (χ2v) is 5.72. The van der Waals surface area contributed by atoms with E-state index in [0.717, 1.165) is 30.0 Å². The number of hydrazine groups is 1. The van der Waals surface area contributed by atoms with Gasteiger partial charge in [-0.15, -0.1) is 0 Å². The molecule has 4 heteroatoms. The van der Waals surface area contributed by atoms with Gasteiger partial charge in [-0.2, -0.15) is 0 Å². The molecule has 3 nitrogen and oxygen atoms in total. The van der Waals surface area contributed by atoms with Gasteiger partial charge in [-0.05, 0) is 35.6 Å². The van der Waals surface area contributed by atoms with Gasteiger partial charge in [-0.25, -0.2) is 0 Å². The number of benzene rings is 2. The fourth-order valence-corrected chi connectivity index (χ4v) is 3.13. The van der Waals surface area contributed by atoms with E-state index in [4.69, 9.17) is 22.2 Å². The predicted octanol–water partition coefficient (Wildman–Crippen LogP) is 3.03. The van der Waals surface area contributed by atoms with Crippen molar-refractivity contribution in [3.05, 3.63) is 70.2 Å². The second-order valence-electron chi connectivity index (χ2n) is 5.31. The number of ether oxygens (including phenoxy) is 1. The first-order valence-electron chi connectivity index (χ1n) is 7.18. The third-order valence-electron chi connectivity index (χ3n) is 4.01. The molecule has 3 rings (SSSR count). The molecular weight excluding hydrogens is 284 g/mol. The number of fused-ring (bicyclic) bond motifs is 1. The molecule has 0 bridgehead atoms. The van der Waals surface area contributed by atoms with E-state index in [2.05, 4.69) is 23.6 Å². The quantitative estimate of drug-likeness (QED) is 0.674. The van der Waals surface area contributed by atoms with E-state index in [1.54, 1.807) is 0 Å². The lowest BCUT2D eigenvalue weighted by Crippen LogP contribution is -2.43. The lowest BCUT2D eigenvalue weighted by molar-refractivity contribution is 0.0154. The van der Waals surface area contributed by atoms with Crippen LogP contribution in [0.4, 0.5) is 0 Å². The number of nitrogens with one attached hydrogen (secondary N) is 1. The second kappa shape index (κ2) is 6.58. The molecule has 0 saturated heterocycles. The number of halogens is 1. The van der Waals surface area contributed by atoms with Crippen LogP contribution in [0.5, 0.6) is 0 Å². The largest absolute Gasteiger partial charge is 0.371 e. The summed E-state index contributed by atoms with van der Waals surface area (Å²) in [4.78, 5) is 0. The molecular formula is C17H19ClN2O. The topological polar surface area (TPSA) is 47.3 Å². The van der Waals surface area contributed by atoms with Gasteiger partial charge in [0.1, 0.15) is 0 Å². The maximum Gasteiger partial charge on any atom is 0.0997 e. The molecule has 1 aliphatic rings. The minimum absolute atomic E-state index is 0.00801. The Morgan fingerprint density at radius 2 is 1.95 bits per heavy atom. The first kappa shape index (κ1) is 14.5. The van der Waals surface area contributed by atoms with Gasteiger partial charge in [-0.1, -0.05) is 54.1 Å². The van der Waals surface area contributed by atoms with Gasteiger partial charge in [-0.3, -0.25) is 11.3 Å². The van der Waals surface area contributed by atoms with Crippen LogP contribution in [0.2, 0.25) is 5.02 Å². The minimum Gasteiger partial charge on any atom is -0.371 e. The molecule has 1 heterocycles. The van der Waals surface area contributed by atoms with Crippen LogP contribution in [0.3, 0.4) is 0 Å². The molecule has 21 heavy (non-hydrogen) atoms. The third-order valence-corrected chi connectivity index (χ3v) is 4.38. The van der Waals surface area contributed by atoms with Crippen LogP contribution < -0.4 is 11.3 Å². The van der Waals surface area contributed by atoms with Crippen LogP contribution in [0.25, 0.3) is 0 Å². The molecule has 2 aromatic carbocycles. The monoisotopic (exact) mass is 302 g/mol. The Balaban J connectivity index is 1.86. The highest BCUT2D eigenvalue weighted by Gasteiger charge is 2.28. The van der Waals surface area contributed by atoms with Crippen molar-refractivity contribution < 1.29 is 4.74 Å². The van der Waals surface area contributed by atoms with Crippen molar-refractivity contribution in [1.29, 1.82) is 0 Å². The lowest BCUT2D eigenvalue weighted by atomic mass is 9.90. The molecule has 3 N–H and O–H groups in total. The molecule has 110 valence electrons. The molecule has 2 atom stereocenters. The van der Waals surface area contributed by atoms with Gasteiger partial charge in [0, 0.05) is 5.02 Å². The van der Waals surface area contributed by atoms with Crippen molar-refractivity contribution in [3.8, 4) is 0 Å². The molecule has 2 unspecified atom stereocenters. The van der Waals surface area contributed by atoms with E-state index in [-0.39, 0.29) is 12.1 Å². The summed E-state index contributed by atoms with van der Waals surface area (Å²) in [5, 5.41) is 0.766. The lowest BCUT2D eigenvalue weighted by Gasteiger charge is -2.32. The minimum atomic E-state index is -0.0452. The SMILES string of the molecule is NNC(Cc1ccccc1Cl)C1OCCc2ccccc21. The Bertz CT molecular complexity index is 617. The van der Waals surface area contributed by atoms with Crippen molar-refractivity contribution in [2.45, 2.75) is 25.0 Å². The van der Waals surface area contributed by atoms with E-state index in [1.807, 2.05) is 30.3 Å². The molecule has 0 aromatic heterocycles. The summed E-state index contributed by atoms with van der Waals surface area (Å²) in [6, 6.07) is 16.2. The van der Waals surface area contributed by atoms with Crippen LogP contribution in [0.1, 0.15) is 22.8 Å². The highest BCUT2D eigenvalue weighted by atomic mass is 35.5. The Morgan fingerprint density at radius 3 is 2.76 bits per heavy atom. The summed E-state index contributed by atoms with van der Waals surface area (Å²) in [6.45, 7) is 0.725. The van der Waals surface area contributed by atoms with Crippen molar-refractivity contribution in [3.63, 3.8) is 0 Å². The van der Waals surface area contributed by atoms with Crippen LogP contribution in [0, 0.1) is 0 Å². The van der Waals surface area contributed by atoms with Crippen molar-refractivity contribution in [1.82, 2.24) is 5.43 Å². The average Bonchev–Trinajstić information content (AvgIpc) is 2.54.